The van der Waals surface area contributed by atoms with Gasteiger partial charge in [-0.1, -0.05) is 61.3 Å². The van der Waals surface area contributed by atoms with E-state index in [2.05, 4.69) is 74.0 Å². The van der Waals surface area contributed by atoms with Gasteiger partial charge in [-0.2, -0.15) is 0 Å². The van der Waals surface area contributed by atoms with E-state index in [0.29, 0.717) is 16.1 Å². The van der Waals surface area contributed by atoms with Crippen LogP contribution in [-0.2, 0) is 10.3 Å². The lowest BCUT2D eigenvalue weighted by Gasteiger charge is -2.45. The zero-order valence-corrected chi connectivity index (χ0v) is 25.2. The molecule has 38 heavy (non-hydrogen) atoms. The van der Waals surface area contributed by atoms with Crippen molar-refractivity contribution in [3.63, 3.8) is 0 Å². The van der Waals surface area contributed by atoms with Crippen LogP contribution in [0.25, 0.3) is 0 Å². The number of hydrogen-bond acceptors (Lipinski definition) is 5. The van der Waals surface area contributed by atoms with Gasteiger partial charge in [-0.3, -0.25) is 4.79 Å². The Labute approximate surface area is 240 Å². The Morgan fingerprint density at radius 3 is 2.16 bits per heavy atom. The molecule has 2 aromatic rings. The van der Waals surface area contributed by atoms with Crippen LogP contribution in [-0.4, -0.2) is 46.0 Å². The molecule has 2 aromatic carbocycles. The Morgan fingerprint density at radius 1 is 1.05 bits per heavy atom. The van der Waals surface area contributed by atoms with Gasteiger partial charge in [-0.25, -0.2) is 4.99 Å². The molecule has 2 atom stereocenters. The molecule has 2 heterocycles. The maximum Gasteiger partial charge on any atom is 0.263 e. The number of carbonyl (C=O) groups excluding carboxylic acids is 1. The average molecular weight is 572 g/mol. The molecule has 8 heteroatoms. The van der Waals surface area contributed by atoms with Gasteiger partial charge in [0.25, 0.3) is 5.91 Å². The van der Waals surface area contributed by atoms with E-state index in [1.165, 1.54) is 11.8 Å². The lowest BCUT2D eigenvalue weighted by molar-refractivity contribution is -0.133. The van der Waals surface area contributed by atoms with Crippen molar-refractivity contribution in [3.8, 4) is 0 Å². The molecule has 1 fully saturated rings. The molecule has 1 amide bonds. The van der Waals surface area contributed by atoms with Crippen molar-refractivity contribution in [1.29, 1.82) is 0 Å². The van der Waals surface area contributed by atoms with Crippen molar-refractivity contribution in [2.75, 3.05) is 7.05 Å². The van der Waals surface area contributed by atoms with E-state index in [-0.39, 0.29) is 30.0 Å². The van der Waals surface area contributed by atoms with Crippen molar-refractivity contribution in [2.45, 2.75) is 77.2 Å². The second-order valence-electron chi connectivity index (χ2n) is 11.3. The minimum Gasteiger partial charge on any atom is -0.333 e. The molecule has 1 N–H and O–H groups in total. The number of carbonyl (C=O) groups is 1. The van der Waals surface area contributed by atoms with Crippen molar-refractivity contribution in [1.82, 2.24) is 15.1 Å². The molecule has 0 aromatic heterocycles. The summed E-state index contributed by atoms with van der Waals surface area (Å²) in [5, 5.41) is 5.61. The predicted octanol–water partition coefficient (Wildman–Crippen LogP) is 7.22. The molecule has 1 saturated carbocycles. The molecule has 202 valence electrons. The second kappa shape index (κ2) is 10.5. The number of nitrogens with one attached hydrogen (secondary N) is 1. The monoisotopic (exact) mass is 570 g/mol. The summed E-state index contributed by atoms with van der Waals surface area (Å²) in [6.45, 7) is 10.7. The number of rotatable bonds is 7. The van der Waals surface area contributed by atoms with Crippen molar-refractivity contribution < 1.29 is 4.79 Å². The van der Waals surface area contributed by atoms with Crippen LogP contribution in [0.4, 0.5) is 0 Å². The number of hydrogen-bond donors (Lipinski definition) is 1. The molecule has 5 rings (SSSR count). The number of thioether (sulfide) groups is 1. The van der Waals surface area contributed by atoms with E-state index in [1.807, 2.05) is 31.3 Å². The first kappa shape index (κ1) is 27.6. The van der Waals surface area contributed by atoms with Gasteiger partial charge in [0.2, 0.25) is 0 Å². The van der Waals surface area contributed by atoms with E-state index >= 15 is 0 Å². The highest BCUT2D eigenvalue weighted by Gasteiger charge is 2.54. The van der Waals surface area contributed by atoms with Crippen LogP contribution in [0.1, 0.15) is 64.6 Å². The molecular formula is C30H36Cl2N4OS. The third-order valence-electron chi connectivity index (χ3n) is 8.07. The SMILES string of the molecule is CNC1CC(N(C(=O)C2=C(C(C)C)N3C(=N[C@@](C)(c4ccc(Cl)cc4)[C@H]3c3ccc(Cl)cc3)S2)C(C)C)C1. The number of halogens is 2. The highest BCUT2D eigenvalue weighted by molar-refractivity contribution is 8.18. The zero-order valence-electron chi connectivity index (χ0n) is 22.8. The van der Waals surface area contributed by atoms with Crippen LogP contribution in [0.3, 0.4) is 0 Å². The van der Waals surface area contributed by atoms with Crippen molar-refractivity contribution in [3.05, 3.63) is 80.3 Å². The maximum absolute atomic E-state index is 14.2. The van der Waals surface area contributed by atoms with Gasteiger partial charge in [-0.15, -0.1) is 0 Å². The fourth-order valence-corrected chi connectivity index (χ4v) is 7.66. The van der Waals surface area contributed by atoms with Gasteiger partial charge in [-0.05, 0) is 93.7 Å². The molecular weight excluding hydrogens is 535 g/mol. The summed E-state index contributed by atoms with van der Waals surface area (Å²) in [5.74, 6) is 0.255. The summed E-state index contributed by atoms with van der Waals surface area (Å²) in [7, 11) is 2.00. The topological polar surface area (TPSA) is 47.9 Å². The summed E-state index contributed by atoms with van der Waals surface area (Å²) in [6, 6.07) is 16.7. The standard InChI is InChI=1S/C30H36Cl2N4OS/c1-17(2)25-26(28(37)35(18(3)4)24-15-23(16-24)33-6)38-29-34-30(5,20-9-13-22(32)14-10-20)27(36(25)29)19-7-11-21(31)12-8-19/h7-14,17-18,23-24,27,33H,15-16H2,1-6H3/t23?,24?,27-,30+/m1/s1. The molecule has 0 saturated heterocycles. The Hall–Kier alpha value is -1.99. The van der Waals surface area contributed by atoms with Gasteiger partial charge in [0, 0.05) is 33.9 Å². The van der Waals surface area contributed by atoms with Gasteiger partial charge in [0.05, 0.1) is 6.04 Å². The number of benzene rings is 2. The summed E-state index contributed by atoms with van der Waals surface area (Å²) >= 11 is 14.1. The van der Waals surface area contributed by atoms with Crippen molar-refractivity contribution >= 4 is 46.0 Å². The second-order valence-corrected chi connectivity index (χ2v) is 13.1. The summed E-state index contributed by atoms with van der Waals surface area (Å²) < 4.78 is 0. The normalized spacial score (nSPS) is 26.6. The van der Waals surface area contributed by atoms with Crippen molar-refractivity contribution in [2.24, 2.45) is 10.9 Å². The van der Waals surface area contributed by atoms with Crippen LogP contribution in [0, 0.1) is 5.92 Å². The Bertz CT molecular complexity index is 1270. The van der Waals surface area contributed by atoms with Gasteiger partial charge in [0.1, 0.15) is 10.4 Å². The van der Waals surface area contributed by atoms with Crippen LogP contribution >= 0.6 is 35.0 Å². The minimum absolute atomic E-state index is 0.119. The van der Waals surface area contributed by atoms with E-state index in [0.717, 1.165) is 39.7 Å². The van der Waals surface area contributed by atoms with E-state index in [9.17, 15) is 4.79 Å². The summed E-state index contributed by atoms with van der Waals surface area (Å²) in [6.07, 6.45) is 1.98. The molecule has 2 aliphatic heterocycles. The lowest BCUT2D eigenvalue weighted by atomic mass is 9.81. The number of amidine groups is 1. The maximum atomic E-state index is 14.2. The molecule has 0 unspecified atom stereocenters. The molecule has 5 nitrogen and oxygen atoms in total. The first-order valence-corrected chi connectivity index (χ1v) is 14.9. The Kier molecular flexibility index (Phi) is 7.64. The fourth-order valence-electron chi connectivity index (χ4n) is 6.05. The molecule has 0 spiro atoms. The number of fused-ring (bicyclic) bond motifs is 1. The number of amides is 1. The zero-order chi connectivity index (χ0) is 27.4. The minimum atomic E-state index is -0.568. The van der Waals surface area contributed by atoms with Gasteiger partial charge in [0.15, 0.2) is 5.17 Å². The van der Waals surface area contributed by atoms with Crippen LogP contribution in [0.5, 0.6) is 0 Å². The summed E-state index contributed by atoms with van der Waals surface area (Å²) in [5.41, 5.74) is 2.67. The fraction of sp³-hybridized carbons (Fsp3) is 0.467. The molecule has 0 bridgehead atoms. The smallest absolute Gasteiger partial charge is 0.263 e. The Balaban J connectivity index is 1.60. The number of allylic oxidation sites excluding steroid dienone is 1. The van der Waals surface area contributed by atoms with E-state index in [4.69, 9.17) is 28.2 Å². The van der Waals surface area contributed by atoms with Crippen LogP contribution in [0.15, 0.2) is 64.1 Å². The largest absolute Gasteiger partial charge is 0.333 e. The van der Waals surface area contributed by atoms with Crippen LogP contribution < -0.4 is 5.32 Å². The molecule has 1 aliphatic carbocycles. The number of aliphatic imine (C=N–C) groups is 1. The molecule has 0 radical (unpaired) electrons. The summed E-state index contributed by atoms with van der Waals surface area (Å²) in [4.78, 5) is 24.8. The Morgan fingerprint density at radius 2 is 1.63 bits per heavy atom. The predicted molar refractivity (Wildman–Crippen MR) is 160 cm³/mol. The first-order chi connectivity index (χ1) is 18.0. The first-order valence-electron chi connectivity index (χ1n) is 13.4. The van der Waals surface area contributed by atoms with E-state index < -0.39 is 5.54 Å². The highest BCUT2D eigenvalue weighted by atomic mass is 35.5. The quantitative estimate of drug-likeness (QED) is 0.381. The third kappa shape index (κ3) is 4.68. The number of nitrogens with zero attached hydrogens (tertiary/aromatic N) is 3. The lowest BCUT2D eigenvalue weighted by Crippen LogP contribution is -2.56. The average Bonchev–Trinajstić information content (AvgIpc) is 3.34. The molecule has 3 aliphatic rings. The van der Waals surface area contributed by atoms with Gasteiger partial charge >= 0.3 is 0 Å². The van der Waals surface area contributed by atoms with E-state index in [1.54, 1.807) is 0 Å². The third-order valence-corrected chi connectivity index (χ3v) is 9.63. The van der Waals surface area contributed by atoms with Crippen LogP contribution in [0.2, 0.25) is 10.0 Å². The van der Waals surface area contributed by atoms with Gasteiger partial charge < -0.3 is 15.1 Å². The highest BCUT2D eigenvalue weighted by Crippen LogP contribution is 2.56.